The average molecular weight is 264 g/mol. The number of hydrogen-bond acceptors (Lipinski definition) is 4. The Labute approximate surface area is 108 Å². The number of carbonyl (C=O) groups is 1. The van der Waals surface area contributed by atoms with Crippen LogP contribution < -0.4 is 5.43 Å². The van der Waals surface area contributed by atoms with Gasteiger partial charge in [0.25, 0.3) is 5.91 Å². The summed E-state index contributed by atoms with van der Waals surface area (Å²) in [6, 6.07) is 0. The summed E-state index contributed by atoms with van der Waals surface area (Å²) in [4.78, 5) is 11.6. The first kappa shape index (κ1) is 12.9. The molecule has 1 amide bonds. The predicted molar refractivity (Wildman–Crippen MR) is 66.2 cm³/mol. The predicted octanol–water partition coefficient (Wildman–Crippen LogP) is 0.365. The van der Waals surface area contributed by atoms with Crippen molar-refractivity contribution in [1.82, 2.24) is 25.0 Å². The van der Waals surface area contributed by atoms with Crippen molar-refractivity contribution < 1.29 is 9.18 Å². The van der Waals surface area contributed by atoms with E-state index in [-0.39, 0.29) is 5.56 Å². The monoisotopic (exact) mass is 264 g/mol. The summed E-state index contributed by atoms with van der Waals surface area (Å²) < 4.78 is 16.2. The zero-order chi connectivity index (χ0) is 14.0. The number of nitrogens with one attached hydrogen (secondary N) is 1. The van der Waals surface area contributed by atoms with Gasteiger partial charge in [-0.2, -0.15) is 19.7 Å². The van der Waals surface area contributed by atoms with Gasteiger partial charge in [0.05, 0.1) is 29.2 Å². The van der Waals surface area contributed by atoms with Gasteiger partial charge in [-0.05, 0) is 6.92 Å². The molecule has 19 heavy (non-hydrogen) atoms. The van der Waals surface area contributed by atoms with Crippen molar-refractivity contribution in [3.8, 4) is 0 Å². The highest BCUT2D eigenvalue weighted by atomic mass is 19.1. The van der Waals surface area contributed by atoms with Gasteiger partial charge in [-0.25, -0.2) is 10.1 Å². The van der Waals surface area contributed by atoms with Gasteiger partial charge in [-0.3, -0.25) is 9.48 Å². The van der Waals surface area contributed by atoms with Crippen LogP contribution >= 0.6 is 0 Å². The van der Waals surface area contributed by atoms with Gasteiger partial charge in [-0.15, -0.1) is 0 Å². The lowest BCUT2D eigenvalue weighted by Gasteiger charge is -1.95. The van der Waals surface area contributed by atoms with E-state index >= 15 is 0 Å². The van der Waals surface area contributed by atoms with E-state index < -0.39 is 11.9 Å². The van der Waals surface area contributed by atoms with Crippen LogP contribution in [0.25, 0.3) is 0 Å². The molecule has 0 saturated heterocycles. The molecule has 0 aliphatic carbocycles. The fourth-order valence-corrected chi connectivity index (χ4v) is 1.55. The third kappa shape index (κ3) is 2.67. The molecule has 0 unspecified atom stereocenters. The lowest BCUT2D eigenvalue weighted by molar-refractivity contribution is 0.0955. The maximum Gasteiger partial charge on any atom is 0.274 e. The summed E-state index contributed by atoms with van der Waals surface area (Å²) in [5.41, 5.74) is 3.42. The van der Waals surface area contributed by atoms with Gasteiger partial charge in [0.15, 0.2) is 0 Å². The Morgan fingerprint density at radius 1 is 1.53 bits per heavy atom. The quantitative estimate of drug-likeness (QED) is 0.642. The second-order valence-electron chi connectivity index (χ2n) is 4.02. The van der Waals surface area contributed by atoms with E-state index in [9.17, 15) is 9.18 Å². The van der Waals surface area contributed by atoms with Crippen molar-refractivity contribution >= 4 is 12.1 Å². The third-order valence-electron chi connectivity index (χ3n) is 2.52. The van der Waals surface area contributed by atoms with Gasteiger partial charge in [-0.1, -0.05) is 0 Å². The maximum absolute atomic E-state index is 13.6. The molecule has 0 bridgehead atoms. The minimum atomic E-state index is -0.503. The van der Waals surface area contributed by atoms with Crippen LogP contribution in [-0.4, -0.2) is 31.7 Å². The van der Waals surface area contributed by atoms with E-state index in [0.717, 1.165) is 4.68 Å². The Balaban J connectivity index is 2.06. The van der Waals surface area contributed by atoms with Gasteiger partial charge < -0.3 is 0 Å². The van der Waals surface area contributed by atoms with Crippen LogP contribution in [0.2, 0.25) is 0 Å². The van der Waals surface area contributed by atoms with Crippen LogP contribution in [0, 0.1) is 12.9 Å². The zero-order valence-electron chi connectivity index (χ0n) is 10.8. The molecule has 2 aromatic heterocycles. The molecule has 0 radical (unpaired) electrons. The Bertz CT molecular complexity index is 642. The van der Waals surface area contributed by atoms with E-state index in [2.05, 4.69) is 20.7 Å². The molecule has 1 N–H and O–H groups in total. The molecule has 0 aliphatic heterocycles. The summed E-state index contributed by atoms with van der Waals surface area (Å²) in [7, 11) is 3.20. The standard InChI is InChI=1S/C11H13FN6O/c1-7-9(10(12)18(3)16-7)5-13-15-11(19)8-4-14-17(2)6-8/h4-6H,1-3H3,(H,15,19)/b13-5+. The maximum atomic E-state index is 13.6. The summed E-state index contributed by atoms with van der Waals surface area (Å²) in [6.45, 7) is 1.66. The van der Waals surface area contributed by atoms with Crippen molar-refractivity contribution in [2.45, 2.75) is 6.92 Å². The SMILES string of the molecule is Cc1nn(C)c(F)c1/C=N/NC(=O)c1cnn(C)c1. The highest BCUT2D eigenvalue weighted by molar-refractivity contribution is 5.94. The fourth-order valence-electron chi connectivity index (χ4n) is 1.55. The lowest BCUT2D eigenvalue weighted by Crippen LogP contribution is -2.17. The summed E-state index contributed by atoms with van der Waals surface area (Å²) >= 11 is 0. The number of amides is 1. The number of nitrogens with zero attached hydrogens (tertiary/aromatic N) is 5. The molecule has 0 spiro atoms. The third-order valence-corrected chi connectivity index (χ3v) is 2.52. The molecule has 2 heterocycles. The molecule has 100 valence electrons. The molecule has 2 aromatic rings. The average Bonchev–Trinajstić information content (AvgIpc) is 2.88. The lowest BCUT2D eigenvalue weighted by atomic mass is 10.3. The van der Waals surface area contributed by atoms with E-state index in [1.165, 1.54) is 24.1 Å². The molecule has 7 nitrogen and oxygen atoms in total. The van der Waals surface area contributed by atoms with E-state index in [4.69, 9.17) is 0 Å². The molecular weight excluding hydrogens is 251 g/mol. The Kier molecular flexibility index (Phi) is 3.41. The number of hydrazone groups is 1. The van der Waals surface area contributed by atoms with Crippen molar-refractivity contribution in [3.05, 3.63) is 35.2 Å². The smallest absolute Gasteiger partial charge is 0.274 e. The van der Waals surface area contributed by atoms with Crippen molar-refractivity contribution in [2.24, 2.45) is 19.2 Å². The van der Waals surface area contributed by atoms with E-state index in [1.807, 2.05) is 0 Å². The summed E-state index contributed by atoms with van der Waals surface area (Å²) in [5, 5.41) is 11.5. The normalized spacial score (nSPS) is 11.2. The Hall–Kier alpha value is -2.51. The number of aromatic nitrogens is 4. The fraction of sp³-hybridized carbons (Fsp3) is 0.273. The summed E-state index contributed by atoms with van der Waals surface area (Å²) in [5.74, 6) is -0.914. The highest BCUT2D eigenvalue weighted by Crippen LogP contribution is 2.07. The molecule has 0 aromatic carbocycles. The minimum absolute atomic E-state index is 0.244. The number of halogens is 1. The number of aryl methyl sites for hydroxylation is 3. The molecule has 0 atom stereocenters. The Morgan fingerprint density at radius 2 is 2.26 bits per heavy atom. The molecular formula is C11H13FN6O. The zero-order valence-corrected chi connectivity index (χ0v) is 10.8. The van der Waals surface area contributed by atoms with Gasteiger partial charge in [0.1, 0.15) is 0 Å². The minimum Gasteiger partial charge on any atom is -0.275 e. The molecule has 0 saturated carbocycles. The topological polar surface area (TPSA) is 77.1 Å². The Morgan fingerprint density at radius 3 is 2.79 bits per heavy atom. The van der Waals surface area contributed by atoms with Gasteiger partial charge in [0, 0.05) is 20.3 Å². The first-order valence-corrected chi connectivity index (χ1v) is 5.50. The second-order valence-corrected chi connectivity index (χ2v) is 4.02. The van der Waals surface area contributed by atoms with E-state index in [1.54, 1.807) is 20.2 Å². The summed E-state index contributed by atoms with van der Waals surface area (Å²) in [6.07, 6.45) is 4.20. The first-order valence-electron chi connectivity index (χ1n) is 5.50. The largest absolute Gasteiger partial charge is 0.275 e. The highest BCUT2D eigenvalue weighted by Gasteiger charge is 2.11. The van der Waals surface area contributed by atoms with Gasteiger partial charge in [0.2, 0.25) is 5.95 Å². The van der Waals surface area contributed by atoms with Crippen LogP contribution in [0.3, 0.4) is 0 Å². The number of carbonyl (C=O) groups excluding carboxylic acids is 1. The molecule has 0 fully saturated rings. The molecule has 8 heteroatoms. The number of rotatable bonds is 3. The van der Waals surface area contributed by atoms with Crippen LogP contribution in [0.4, 0.5) is 4.39 Å². The first-order chi connectivity index (χ1) is 8.99. The van der Waals surface area contributed by atoms with Crippen molar-refractivity contribution in [2.75, 3.05) is 0 Å². The van der Waals surface area contributed by atoms with Crippen molar-refractivity contribution in [1.29, 1.82) is 0 Å². The van der Waals surface area contributed by atoms with Crippen LogP contribution in [0.5, 0.6) is 0 Å². The van der Waals surface area contributed by atoms with Crippen LogP contribution in [0.15, 0.2) is 17.5 Å². The second kappa shape index (κ2) is 5.01. The van der Waals surface area contributed by atoms with E-state index in [0.29, 0.717) is 11.3 Å². The number of hydrogen-bond donors (Lipinski definition) is 1. The van der Waals surface area contributed by atoms with Crippen LogP contribution in [0.1, 0.15) is 21.6 Å². The molecule has 0 aliphatic rings. The van der Waals surface area contributed by atoms with Crippen molar-refractivity contribution in [3.63, 3.8) is 0 Å². The molecule has 2 rings (SSSR count). The van der Waals surface area contributed by atoms with Gasteiger partial charge >= 0.3 is 0 Å². The van der Waals surface area contributed by atoms with Crippen LogP contribution in [-0.2, 0) is 14.1 Å².